The molecule has 0 bridgehead atoms. The lowest BCUT2D eigenvalue weighted by molar-refractivity contribution is 0.242. The Morgan fingerprint density at radius 3 is 2.78 bits per heavy atom. The van der Waals surface area contributed by atoms with E-state index in [0.717, 1.165) is 17.0 Å². The largest absolute Gasteiger partial charge is 0.488 e. The molecule has 1 heterocycles. The molecule has 0 spiro atoms. The molecule has 2 aromatic rings. The van der Waals surface area contributed by atoms with E-state index in [1.807, 2.05) is 36.9 Å². The number of hydrogen-bond donors (Lipinski definition) is 1. The summed E-state index contributed by atoms with van der Waals surface area (Å²) in [5, 5.41) is 4.30. The second-order valence-corrected chi connectivity index (χ2v) is 4.60. The number of hydrogen-bond acceptors (Lipinski definition) is 3. The maximum absolute atomic E-state index is 5.66. The fourth-order valence-electron chi connectivity index (χ4n) is 1.83. The van der Waals surface area contributed by atoms with Gasteiger partial charge in [-0.1, -0.05) is 6.07 Å². The molecule has 2 N–H and O–H groups in total. The molecule has 0 atom stereocenters. The number of nitrogens with two attached hydrogens (primary N) is 1. The summed E-state index contributed by atoms with van der Waals surface area (Å²) in [4.78, 5) is 0. The van der Waals surface area contributed by atoms with Gasteiger partial charge in [0.25, 0.3) is 0 Å². The monoisotopic (exact) mass is 245 g/mol. The Kier molecular flexibility index (Phi) is 3.67. The van der Waals surface area contributed by atoms with Crippen LogP contribution in [0.15, 0.2) is 30.6 Å². The zero-order chi connectivity index (χ0) is 13.1. The Morgan fingerprint density at radius 2 is 2.17 bits per heavy atom. The molecule has 0 fully saturated rings. The van der Waals surface area contributed by atoms with Gasteiger partial charge in [-0.3, -0.25) is 0 Å². The normalized spacial score (nSPS) is 10.9. The van der Waals surface area contributed by atoms with Crippen LogP contribution in [0.5, 0.6) is 5.75 Å². The third kappa shape index (κ3) is 2.71. The van der Waals surface area contributed by atoms with Crippen LogP contribution in [0, 0.1) is 6.92 Å². The molecule has 2 rings (SSSR count). The van der Waals surface area contributed by atoms with Gasteiger partial charge in [-0.15, -0.1) is 0 Å². The van der Waals surface area contributed by atoms with Gasteiger partial charge in [0.1, 0.15) is 0 Å². The number of aromatic nitrogens is 2. The van der Waals surface area contributed by atoms with Crippen LogP contribution < -0.4 is 10.5 Å². The Bertz CT molecular complexity index is 532. The van der Waals surface area contributed by atoms with Crippen molar-refractivity contribution in [2.45, 2.75) is 33.4 Å². The van der Waals surface area contributed by atoms with Gasteiger partial charge in [0.15, 0.2) is 5.75 Å². The molecule has 0 saturated carbocycles. The molecule has 18 heavy (non-hydrogen) atoms. The highest BCUT2D eigenvalue weighted by molar-refractivity contribution is 5.40. The lowest BCUT2D eigenvalue weighted by atomic mass is 10.1. The lowest BCUT2D eigenvalue weighted by Crippen LogP contribution is -2.04. The van der Waals surface area contributed by atoms with E-state index in [0.29, 0.717) is 6.54 Å². The molecule has 0 aliphatic carbocycles. The smallest absolute Gasteiger partial charge is 0.158 e. The van der Waals surface area contributed by atoms with E-state index in [2.05, 4.69) is 18.1 Å². The number of rotatable bonds is 4. The molecule has 0 aliphatic rings. The minimum atomic E-state index is 0.156. The standard InChI is InChI=1S/C14H19N3O/c1-10(2)18-14-8-16-17(9-14)13-5-4-12(7-15)11(3)6-13/h4-6,8-10H,7,15H2,1-3H3. The van der Waals surface area contributed by atoms with Crippen LogP contribution in [0.25, 0.3) is 5.69 Å². The van der Waals surface area contributed by atoms with Gasteiger partial charge < -0.3 is 10.5 Å². The van der Waals surface area contributed by atoms with Crippen molar-refractivity contribution in [3.8, 4) is 11.4 Å². The first-order valence-corrected chi connectivity index (χ1v) is 6.11. The van der Waals surface area contributed by atoms with Gasteiger partial charge in [-0.05, 0) is 44.0 Å². The lowest BCUT2D eigenvalue weighted by Gasteiger charge is -2.07. The van der Waals surface area contributed by atoms with Crippen molar-refractivity contribution in [3.05, 3.63) is 41.7 Å². The number of benzene rings is 1. The SMILES string of the molecule is Cc1cc(-n2cc(OC(C)C)cn2)ccc1CN. The minimum absolute atomic E-state index is 0.156. The van der Waals surface area contributed by atoms with Crippen LogP contribution in [-0.4, -0.2) is 15.9 Å². The molecule has 0 aliphatic heterocycles. The first-order chi connectivity index (χ1) is 8.60. The molecule has 1 aromatic carbocycles. The fourth-order valence-corrected chi connectivity index (χ4v) is 1.83. The van der Waals surface area contributed by atoms with Crippen LogP contribution >= 0.6 is 0 Å². The third-order valence-corrected chi connectivity index (χ3v) is 2.74. The van der Waals surface area contributed by atoms with Gasteiger partial charge in [0.2, 0.25) is 0 Å². The van der Waals surface area contributed by atoms with Gasteiger partial charge in [0.05, 0.1) is 24.2 Å². The summed E-state index contributed by atoms with van der Waals surface area (Å²) in [6.07, 6.45) is 3.77. The van der Waals surface area contributed by atoms with Crippen LogP contribution in [0.1, 0.15) is 25.0 Å². The van der Waals surface area contributed by atoms with E-state index in [9.17, 15) is 0 Å². The van der Waals surface area contributed by atoms with Gasteiger partial charge in [-0.2, -0.15) is 5.10 Å². The van der Waals surface area contributed by atoms with Gasteiger partial charge >= 0.3 is 0 Å². The molecule has 1 aromatic heterocycles. The van der Waals surface area contributed by atoms with Crippen LogP contribution in [0.4, 0.5) is 0 Å². The van der Waals surface area contributed by atoms with Crippen molar-refractivity contribution in [1.29, 1.82) is 0 Å². The molecular weight excluding hydrogens is 226 g/mol. The van der Waals surface area contributed by atoms with Crippen LogP contribution in [0.2, 0.25) is 0 Å². The summed E-state index contributed by atoms with van der Waals surface area (Å²) >= 11 is 0. The Hall–Kier alpha value is -1.81. The number of aryl methyl sites for hydroxylation is 1. The highest BCUT2D eigenvalue weighted by Gasteiger charge is 2.05. The molecule has 96 valence electrons. The summed E-state index contributed by atoms with van der Waals surface area (Å²) in [5.74, 6) is 0.783. The topological polar surface area (TPSA) is 53.1 Å². The average molecular weight is 245 g/mol. The maximum atomic E-state index is 5.66. The van der Waals surface area contributed by atoms with Crippen LogP contribution in [0.3, 0.4) is 0 Å². The Balaban J connectivity index is 2.26. The summed E-state index contributed by atoms with van der Waals surface area (Å²) in [7, 11) is 0. The molecule has 0 unspecified atom stereocenters. The van der Waals surface area contributed by atoms with E-state index in [-0.39, 0.29) is 6.10 Å². The summed E-state index contributed by atoms with van der Waals surface area (Å²) < 4.78 is 7.40. The Labute approximate surface area is 107 Å². The highest BCUT2D eigenvalue weighted by atomic mass is 16.5. The van der Waals surface area contributed by atoms with E-state index in [4.69, 9.17) is 10.5 Å². The minimum Gasteiger partial charge on any atom is -0.488 e. The average Bonchev–Trinajstić information content (AvgIpc) is 2.76. The van der Waals surface area contributed by atoms with E-state index < -0.39 is 0 Å². The fraction of sp³-hybridized carbons (Fsp3) is 0.357. The molecule has 0 radical (unpaired) electrons. The molecule has 0 amide bonds. The zero-order valence-corrected chi connectivity index (χ0v) is 11.1. The van der Waals surface area contributed by atoms with Crippen molar-refractivity contribution >= 4 is 0 Å². The second kappa shape index (κ2) is 5.23. The summed E-state index contributed by atoms with van der Waals surface area (Å²) in [6.45, 7) is 6.61. The third-order valence-electron chi connectivity index (χ3n) is 2.74. The zero-order valence-electron chi connectivity index (χ0n) is 11.1. The first-order valence-electron chi connectivity index (χ1n) is 6.11. The van der Waals surface area contributed by atoms with Crippen molar-refractivity contribution in [1.82, 2.24) is 9.78 Å². The van der Waals surface area contributed by atoms with Gasteiger partial charge in [0, 0.05) is 6.54 Å². The predicted molar refractivity (Wildman–Crippen MR) is 72.0 cm³/mol. The highest BCUT2D eigenvalue weighted by Crippen LogP contribution is 2.17. The molecule has 4 nitrogen and oxygen atoms in total. The predicted octanol–water partition coefficient (Wildman–Crippen LogP) is 2.43. The van der Waals surface area contributed by atoms with Crippen molar-refractivity contribution in [3.63, 3.8) is 0 Å². The molecular formula is C14H19N3O. The number of nitrogens with zero attached hydrogens (tertiary/aromatic N) is 2. The quantitative estimate of drug-likeness (QED) is 0.900. The van der Waals surface area contributed by atoms with Crippen molar-refractivity contribution in [2.75, 3.05) is 0 Å². The molecule has 0 saturated heterocycles. The Morgan fingerprint density at radius 1 is 1.39 bits per heavy atom. The maximum Gasteiger partial charge on any atom is 0.158 e. The molecule has 4 heteroatoms. The van der Waals surface area contributed by atoms with E-state index >= 15 is 0 Å². The second-order valence-electron chi connectivity index (χ2n) is 4.60. The summed E-state index contributed by atoms with van der Waals surface area (Å²) in [5.41, 5.74) is 9.01. The van der Waals surface area contributed by atoms with Gasteiger partial charge in [-0.25, -0.2) is 4.68 Å². The van der Waals surface area contributed by atoms with Crippen molar-refractivity contribution in [2.24, 2.45) is 5.73 Å². The van der Waals surface area contributed by atoms with Crippen molar-refractivity contribution < 1.29 is 4.74 Å². The van der Waals surface area contributed by atoms with E-state index in [1.54, 1.807) is 6.20 Å². The number of ether oxygens (including phenoxy) is 1. The summed E-state index contributed by atoms with van der Waals surface area (Å²) in [6, 6.07) is 6.13. The van der Waals surface area contributed by atoms with E-state index in [1.165, 1.54) is 5.56 Å². The first kappa shape index (κ1) is 12.6. The van der Waals surface area contributed by atoms with Crippen LogP contribution in [-0.2, 0) is 6.54 Å².